The van der Waals surface area contributed by atoms with Crippen molar-refractivity contribution in [1.29, 1.82) is 0 Å². The first kappa shape index (κ1) is 20.5. The molecule has 6 nitrogen and oxygen atoms in total. The summed E-state index contributed by atoms with van der Waals surface area (Å²) in [6.07, 6.45) is 3.40. The summed E-state index contributed by atoms with van der Waals surface area (Å²) < 4.78 is 13.7. The SMILES string of the molecule is CCOCCn1c(C)c(C)c2ccnc(OCCN3CCCC3=O)c21.Cl. The van der Waals surface area contributed by atoms with E-state index >= 15 is 0 Å². The number of aryl methyl sites for hydroxylation is 1. The van der Waals surface area contributed by atoms with Crippen LogP contribution in [0.4, 0.5) is 0 Å². The average molecular weight is 382 g/mol. The molecule has 0 aliphatic carbocycles. The molecule has 0 saturated carbocycles. The Morgan fingerprint density at radius 3 is 2.73 bits per heavy atom. The number of aromatic nitrogens is 2. The third-order valence-corrected chi connectivity index (χ3v) is 4.95. The van der Waals surface area contributed by atoms with E-state index in [4.69, 9.17) is 9.47 Å². The van der Waals surface area contributed by atoms with Gasteiger partial charge in [-0.2, -0.15) is 0 Å². The maximum atomic E-state index is 11.7. The quantitative estimate of drug-likeness (QED) is 0.659. The second kappa shape index (κ2) is 9.24. The van der Waals surface area contributed by atoms with Crippen LogP contribution in [0.5, 0.6) is 5.88 Å². The second-order valence-corrected chi connectivity index (χ2v) is 6.40. The van der Waals surface area contributed by atoms with Crippen molar-refractivity contribution in [3.8, 4) is 5.88 Å². The second-order valence-electron chi connectivity index (χ2n) is 6.40. The van der Waals surface area contributed by atoms with E-state index in [1.54, 1.807) is 6.20 Å². The largest absolute Gasteiger partial charge is 0.474 e. The van der Waals surface area contributed by atoms with Crippen LogP contribution >= 0.6 is 12.4 Å². The van der Waals surface area contributed by atoms with E-state index in [2.05, 4.69) is 23.4 Å². The molecular formula is C19H28ClN3O3. The monoisotopic (exact) mass is 381 g/mol. The molecule has 0 unspecified atom stereocenters. The molecule has 1 aliphatic rings. The summed E-state index contributed by atoms with van der Waals surface area (Å²) in [5.41, 5.74) is 3.47. The third kappa shape index (κ3) is 4.13. The van der Waals surface area contributed by atoms with Crippen molar-refractivity contribution in [2.75, 3.05) is 32.9 Å². The summed E-state index contributed by atoms with van der Waals surface area (Å²) in [4.78, 5) is 18.0. The van der Waals surface area contributed by atoms with Gasteiger partial charge in [-0.3, -0.25) is 4.79 Å². The number of likely N-dealkylation sites (tertiary alicyclic amines) is 1. The molecule has 3 heterocycles. The predicted octanol–water partition coefficient (Wildman–Crippen LogP) is 3.11. The van der Waals surface area contributed by atoms with Crippen LogP contribution in [0, 0.1) is 13.8 Å². The minimum Gasteiger partial charge on any atom is -0.474 e. The zero-order chi connectivity index (χ0) is 17.8. The maximum absolute atomic E-state index is 11.7. The van der Waals surface area contributed by atoms with Gasteiger partial charge in [0.25, 0.3) is 0 Å². The van der Waals surface area contributed by atoms with Crippen LogP contribution < -0.4 is 4.74 Å². The molecular weight excluding hydrogens is 354 g/mol. The first-order valence-electron chi connectivity index (χ1n) is 9.06. The normalized spacial score (nSPS) is 14.1. The third-order valence-electron chi connectivity index (χ3n) is 4.95. The number of ether oxygens (including phenoxy) is 2. The van der Waals surface area contributed by atoms with Crippen molar-refractivity contribution in [2.24, 2.45) is 0 Å². The standard InChI is InChI=1S/C19H27N3O3.ClH/c1-4-24-12-11-22-15(3)14(2)16-7-8-20-19(18(16)22)25-13-10-21-9-5-6-17(21)23;/h7-8H,4-6,9-13H2,1-3H3;1H. The number of nitrogens with zero attached hydrogens (tertiary/aromatic N) is 3. The molecule has 1 fully saturated rings. The molecule has 0 bridgehead atoms. The summed E-state index contributed by atoms with van der Waals surface area (Å²) in [7, 11) is 0. The Kier molecular flexibility index (Phi) is 7.29. The smallest absolute Gasteiger partial charge is 0.238 e. The zero-order valence-electron chi connectivity index (χ0n) is 15.8. The van der Waals surface area contributed by atoms with Gasteiger partial charge in [0.1, 0.15) is 12.1 Å². The fraction of sp³-hybridized carbons (Fsp3) is 0.579. The van der Waals surface area contributed by atoms with Gasteiger partial charge in [0, 0.05) is 43.4 Å². The van der Waals surface area contributed by atoms with Gasteiger partial charge in [-0.25, -0.2) is 4.98 Å². The first-order valence-corrected chi connectivity index (χ1v) is 9.06. The molecule has 7 heteroatoms. The number of hydrogen-bond donors (Lipinski definition) is 0. The summed E-state index contributed by atoms with van der Waals surface area (Å²) in [5.74, 6) is 0.860. The topological polar surface area (TPSA) is 56.6 Å². The predicted molar refractivity (Wildman–Crippen MR) is 104 cm³/mol. The highest BCUT2D eigenvalue weighted by Crippen LogP contribution is 2.30. The molecule has 1 amide bonds. The molecule has 0 spiro atoms. The fourth-order valence-corrected chi connectivity index (χ4v) is 3.44. The van der Waals surface area contributed by atoms with Gasteiger partial charge in [0.2, 0.25) is 11.8 Å². The van der Waals surface area contributed by atoms with Crippen molar-refractivity contribution in [3.05, 3.63) is 23.5 Å². The van der Waals surface area contributed by atoms with Crippen LogP contribution in [0.15, 0.2) is 12.3 Å². The number of fused-ring (bicyclic) bond motifs is 1. The van der Waals surface area contributed by atoms with Crippen molar-refractivity contribution in [2.45, 2.75) is 40.2 Å². The Hall–Kier alpha value is -1.79. The molecule has 144 valence electrons. The van der Waals surface area contributed by atoms with Gasteiger partial charge in [-0.15, -0.1) is 12.4 Å². The van der Waals surface area contributed by atoms with Crippen LogP contribution in [-0.4, -0.2) is 53.3 Å². The minimum atomic E-state index is 0. The Balaban J connectivity index is 0.00000243. The Morgan fingerprint density at radius 2 is 2.04 bits per heavy atom. The molecule has 0 aromatic carbocycles. The van der Waals surface area contributed by atoms with E-state index in [9.17, 15) is 4.79 Å². The number of hydrogen-bond acceptors (Lipinski definition) is 4. The number of carbonyl (C=O) groups excluding carboxylic acids is 1. The molecule has 0 radical (unpaired) electrons. The lowest BCUT2D eigenvalue weighted by Gasteiger charge is -2.16. The number of halogens is 1. The first-order chi connectivity index (χ1) is 12.1. The van der Waals surface area contributed by atoms with Gasteiger partial charge in [-0.1, -0.05) is 0 Å². The van der Waals surface area contributed by atoms with Gasteiger partial charge in [0.05, 0.1) is 13.2 Å². The van der Waals surface area contributed by atoms with Crippen molar-refractivity contribution >= 4 is 29.2 Å². The van der Waals surface area contributed by atoms with Crippen LogP contribution in [0.2, 0.25) is 0 Å². The molecule has 1 aliphatic heterocycles. The van der Waals surface area contributed by atoms with Crippen LogP contribution in [0.3, 0.4) is 0 Å². The molecule has 26 heavy (non-hydrogen) atoms. The lowest BCUT2D eigenvalue weighted by atomic mass is 10.2. The average Bonchev–Trinajstić information content (AvgIpc) is 3.12. The summed E-state index contributed by atoms with van der Waals surface area (Å²) in [6, 6.07) is 2.03. The van der Waals surface area contributed by atoms with E-state index in [1.807, 2.05) is 17.9 Å². The van der Waals surface area contributed by atoms with E-state index in [0.717, 1.165) is 30.4 Å². The van der Waals surface area contributed by atoms with E-state index < -0.39 is 0 Å². The number of amides is 1. The van der Waals surface area contributed by atoms with Crippen LogP contribution in [-0.2, 0) is 16.1 Å². The summed E-state index contributed by atoms with van der Waals surface area (Å²) >= 11 is 0. The highest BCUT2D eigenvalue weighted by molar-refractivity contribution is 5.88. The highest BCUT2D eigenvalue weighted by atomic mass is 35.5. The van der Waals surface area contributed by atoms with E-state index in [-0.39, 0.29) is 18.3 Å². The number of rotatable bonds is 8. The lowest BCUT2D eigenvalue weighted by Crippen LogP contribution is -2.29. The van der Waals surface area contributed by atoms with Crippen molar-refractivity contribution < 1.29 is 14.3 Å². The Morgan fingerprint density at radius 1 is 1.23 bits per heavy atom. The molecule has 2 aromatic rings. The maximum Gasteiger partial charge on any atom is 0.238 e. The minimum absolute atomic E-state index is 0. The number of pyridine rings is 1. The van der Waals surface area contributed by atoms with Crippen LogP contribution in [0.1, 0.15) is 31.0 Å². The van der Waals surface area contributed by atoms with Gasteiger partial charge < -0.3 is 18.9 Å². The van der Waals surface area contributed by atoms with Gasteiger partial charge in [0.15, 0.2) is 0 Å². The van der Waals surface area contributed by atoms with E-state index in [1.165, 1.54) is 11.3 Å². The molecule has 3 rings (SSSR count). The Bertz CT molecular complexity index is 760. The van der Waals surface area contributed by atoms with Crippen LogP contribution in [0.25, 0.3) is 10.9 Å². The van der Waals surface area contributed by atoms with Crippen molar-refractivity contribution in [1.82, 2.24) is 14.5 Å². The number of carbonyl (C=O) groups is 1. The molecule has 2 aromatic heterocycles. The van der Waals surface area contributed by atoms with Gasteiger partial charge >= 0.3 is 0 Å². The van der Waals surface area contributed by atoms with E-state index in [0.29, 0.717) is 38.7 Å². The summed E-state index contributed by atoms with van der Waals surface area (Å²) in [5, 5.41) is 1.16. The Labute approximate surface area is 160 Å². The molecule has 1 saturated heterocycles. The highest BCUT2D eigenvalue weighted by Gasteiger charge is 2.20. The lowest BCUT2D eigenvalue weighted by molar-refractivity contribution is -0.128. The zero-order valence-corrected chi connectivity index (χ0v) is 16.6. The fourth-order valence-electron chi connectivity index (χ4n) is 3.44. The molecule has 0 atom stereocenters. The van der Waals surface area contributed by atoms with Crippen molar-refractivity contribution in [3.63, 3.8) is 0 Å². The molecule has 0 N–H and O–H groups in total. The van der Waals surface area contributed by atoms with Gasteiger partial charge in [-0.05, 0) is 38.8 Å². The summed E-state index contributed by atoms with van der Waals surface area (Å²) in [6.45, 7) is 10.3.